The molecule has 2 atom stereocenters. The third-order valence-corrected chi connectivity index (χ3v) is 3.97. The first-order valence-corrected chi connectivity index (χ1v) is 7.13. The van der Waals surface area contributed by atoms with E-state index in [4.69, 9.17) is 11.6 Å². The molecule has 1 unspecified atom stereocenters. The topological polar surface area (TPSA) is 23.5 Å². The second-order valence-electron chi connectivity index (χ2n) is 5.11. The summed E-state index contributed by atoms with van der Waals surface area (Å²) in [7, 11) is 2.07. The zero-order valence-electron chi connectivity index (χ0n) is 12.0. The Kier molecular flexibility index (Phi) is 4.69. The quantitative estimate of drug-likeness (QED) is 0.890. The number of hydrogen-bond acceptors (Lipinski definition) is 2. The largest absolute Gasteiger partial charge is 0.389 e. The molecule has 0 fully saturated rings. The normalized spacial score (nSPS) is 13.8. The molecule has 0 aliphatic carbocycles. The average molecular weight is 290 g/mol. The van der Waals surface area contributed by atoms with Crippen molar-refractivity contribution < 1.29 is 5.11 Å². The summed E-state index contributed by atoms with van der Waals surface area (Å²) in [5.41, 5.74) is 3.27. The number of hydrogen-bond donors (Lipinski definition) is 1. The van der Waals surface area contributed by atoms with E-state index in [9.17, 15) is 5.11 Å². The fourth-order valence-electron chi connectivity index (χ4n) is 2.18. The van der Waals surface area contributed by atoms with Gasteiger partial charge in [-0.15, -0.1) is 0 Å². The minimum absolute atomic E-state index is 0.254. The Morgan fingerprint density at radius 3 is 1.90 bits per heavy atom. The molecule has 0 aliphatic heterocycles. The second-order valence-corrected chi connectivity index (χ2v) is 5.54. The minimum Gasteiger partial charge on any atom is -0.389 e. The number of nitrogens with zero attached hydrogens (tertiary/aromatic N) is 1. The minimum atomic E-state index is -0.428. The van der Waals surface area contributed by atoms with Crippen LogP contribution in [0.15, 0.2) is 48.5 Å². The molecule has 0 radical (unpaired) electrons. The summed E-state index contributed by atoms with van der Waals surface area (Å²) in [5.74, 6) is 0. The lowest BCUT2D eigenvalue weighted by molar-refractivity contribution is 0.199. The van der Waals surface area contributed by atoms with Crippen LogP contribution in [0, 0.1) is 0 Å². The van der Waals surface area contributed by atoms with Crippen molar-refractivity contribution in [2.45, 2.75) is 26.0 Å². The van der Waals surface area contributed by atoms with Crippen molar-refractivity contribution >= 4 is 17.3 Å². The Labute approximate surface area is 125 Å². The van der Waals surface area contributed by atoms with Crippen molar-refractivity contribution in [2.24, 2.45) is 0 Å². The lowest BCUT2D eigenvalue weighted by Crippen LogP contribution is -2.21. The highest BCUT2D eigenvalue weighted by Crippen LogP contribution is 2.27. The Morgan fingerprint density at radius 2 is 1.40 bits per heavy atom. The third kappa shape index (κ3) is 3.33. The highest BCUT2D eigenvalue weighted by Gasteiger charge is 2.12. The van der Waals surface area contributed by atoms with E-state index in [0.29, 0.717) is 0 Å². The van der Waals surface area contributed by atoms with E-state index in [2.05, 4.69) is 18.9 Å². The molecular formula is C17H20ClNO. The van der Waals surface area contributed by atoms with E-state index < -0.39 is 6.10 Å². The van der Waals surface area contributed by atoms with E-state index in [1.807, 2.05) is 48.5 Å². The van der Waals surface area contributed by atoms with Crippen LogP contribution in [0.3, 0.4) is 0 Å². The molecule has 3 heteroatoms. The van der Waals surface area contributed by atoms with Crippen molar-refractivity contribution in [3.63, 3.8) is 0 Å². The number of rotatable bonds is 4. The molecule has 106 valence electrons. The molecule has 20 heavy (non-hydrogen) atoms. The van der Waals surface area contributed by atoms with Gasteiger partial charge in [0.15, 0.2) is 0 Å². The summed E-state index contributed by atoms with van der Waals surface area (Å²) in [6.07, 6.45) is -0.428. The van der Waals surface area contributed by atoms with Gasteiger partial charge in [-0.25, -0.2) is 0 Å². The van der Waals surface area contributed by atoms with Gasteiger partial charge in [-0.1, -0.05) is 35.9 Å². The summed E-state index contributed by atoms with van der Waals surface area (Å²) < 4.78 is 0. The van der Waals surface area contributed by atoms with Gasteiger partial charge in [0.05, 0.1) is 12.1 Å². The Bertz CT molecular complexity index is 548. The molecule has 0 aromatic heterocycles. The highest BCUT2D eigenvalue weighted by molar-refractivity contribution is 6.30. The highest BCUT2D eigenvalue weighted by atomic mass is 35.5. The molecule has 0 saturated heterocycles. The molecule has 0 aliphatic rings. The van der Waals surface area contributed by atoms with Crippen molar-refractivity contribution in [3.8, 4) is 0 Å². The predicted octanol–water partition coefficient (Wildman–Crippen LogP) is 4.59. The van der Waals surface area contributed by atoms with E-state index in [-0.39, 0.29) is 6.04 Å². The molecule has 2 aromatic carbocycles. The van der Waals surface area contributed by atoms with Crippen LogP contribution in [0.25, 0.3) is 0 Å². The SMILES string of the molecule is CC(c1ccc(Cl)cc1)N(C)c1ccc([C@H](C)O)cc1. The molecule has 0 saturated carbocycles. The molecule has 1 N–H and O–H groups in total. The zero-order chi connectivity index (χ0) is 14.7. The third-order valence-electron chi connectivity index (χ3n) is 3.72. The zero-order valence-corrected chi connectivity index (χ0v) is 12.8. The summed E-state index contributed by atoms with van der Waals surface area (Å²) >= 11 is 5.92. The lowest BCUT2D eigenvalue weighted by atomic mass is 10.1. The van der Waals surface area contributed by atoms with E-state index >= 15 is 0 Å². The maximum absolute atomic E-state index is 9.54. The Hall–Kier alpha value is -1.51. The van der Waals surface area contributed by atoms with Crippen molar-refractivity contribution in [1.82, 2.24) is 0 Å². The fourth-order valence-corrected chi connectivity index (χ4v) is 2.30. The Morgan fingerprint density at radius 1 is 0.900 bits per heavy atom. The molecule has 0 heterocycles. The van der Waals surface area contributed by atoms with E-state index in [0.717, 1.165) is 16.3 Å². The van der Waals surface area contributed by atoms with Crippen molar-refractivity contribution in [2.75, 3.05) is 11.9 Å². The molecule has 2 nitrogen and oxygen atoms in total. The molecular weight excluding hydrogens is 270 g/mol. The van der Waals surface area contributed by atoms with Gasteiger partial charge >= 0.3 is 0 Å². The predicted molar refractivity (Wildman–Crippen MR) is 85.3 cm³/mol. The van der Waals surface area contributed by atoms with Gasteiger partial charge in [0.2, 0.25) is 0 Å². The fraction of sp³-hybridized carbons (Fsp3) is 0.294. The van der Waals surface area contributed by atoms with Crippen LogP contribution < -0.4 is 4.90 Å². The van der Waals surface area contributed by atoms with Gasteiger partial charge in [-0.3, -0.25) is 0 Å². The Balaban J connectivity index is 2.17. The number of benzene rings is 2. The number of aliphatic hydroxyl groups is 1. The second kappa shape index (κ2) is 6.29. The first-order chi connectivity index (χ1) is 9.49. The van der Waals surface area contributed by atoms with Crippen LogP contribution in [0.1, 0.15) is 37.1 Å². The van der Waals surface area contributed by atoms with Gasteiger partial charge in [-0.05, 0) is 49.2 Å². The molecule has 2 aromatic rings. The van der Waals surface area contributed by atoms with Gasteiger partial charge in [0, 0.05) is 17.8 Å². The van der Waals surface area contributed by atoms with Crippen molar-refractivity contribution in [1.29, 1.82) is 0 Å². The summed E-state index contributed by atoms with van der Waals surface area (Å²) in [4.78, 5) is 2.20. The first-order valence-electron chi connectivity index (χ1n) is 6.75. The number of anilines is 1. The van der Waals surface area contributed by atoms with Crippen LogP contribution in [0.2, 0.25) is 5.02 Å². The van der Waals surface area contributed by atoms with Crippen molar-refractivity contribution in [3.05, 3.63) is 64.7 Å². The van der Waals surface area contributed by atoms with Gasteiger partial charge in [0.1, 0.15) is 0 Å². The average Bonchev–Trinajstić information content (AvgIpc) is 2.46. The van der Waals surface area contributed by atoms with E-state index in [1.54, 1.807) is 6.92 Å². The first kappa shape index (κ1) is 14.9. The maximum atomic E-state index is 9.54. The van der Waals surface area contributed by atoms with Gasteiger partial charge < -0.3 is 10.0 Å². The standard InChI is InChI=1S/C17H20ClNO/c1-12(14-4-8-16(18)9-5-14)19(3)17-10-6-15(7-11-17)13(2)20/h4-13,20H,1-3H3/t12?,13-/m0/s1. The molecule has 2 rings (SSSR count). The van der Waals surface area contributed by atoms with Crippen LogP contribution >= 0.6 is 11.6 Å². The van der Waals surface area contributed by atoms with Gasteiger partial charge in [-0.2, -0.15) is 0 Å². The maximum Gasteiger partial charge on any atom is 0.0761 e. The van der Waals surface area contributed by atoms with Gasteiger partial charge in [0.25, 0.3) is 0 Å². The van der Waals surface area contributed by atoms with Crippen LogP contribution in [0.5, 0.6) is 0 Å². The number of aliphatic hydroxyl groups excluding tert-OH is 1. The van der Waals surface area contributed by atoms with E-state index in [1.165, 1.54) is 5.56 Å². The summed E-state index contributed by atoms with van der Waals surface area (Å²) in [6.45, 7) is 3.93. The monoisotopic (exact) mass is 289 g/mol. The smallest absolute Gasteiger partial charge is 0.0761 e. The molecule has 0 bridgehead atoms. The van der Waals surface area contributed by atoms with Crippen LogP contribution in [-0.4, -0.2) is 12.2 Å². The number of halogens is 1. The molecule has 0 spiro atoms. The molecule has 0 amide bonds. The summed E-state index contributed by atoms with van der Waals surface area (Å²) in [5, 5.41) is 10.3. The summed E-state index contributed by atoms with van der Waals surface area (Å²) in [6, 6.07) is 16.2. The lowest BCUT2D eigenvalue weighted by Gasteiger charge is -2.27. The van der Waals surface area contributed by atoms with Crippen LogP contribution in [0.4, 0.5) is 5.69 Å². The van der Waals surface area contributed by atoms with Crippen LogP contribution in [-0.2, 0) is 0 Å².